The van der Waals surface area contributed by atoms with Crippen molar-refractivity contribution in [3.05, 3.63) is 0 Å². The Balaban J connectivity index is 2.19. The Labute approximate surface area is 93.9 Å². The van der Waals surface area contributed by atoms with Crippen LogP contribution in [0, 0.1) is 5.92 Å². The predicted molar refractivity (Wildman–Crippen MR) is 64.0 cm³/mol. The largest absolute Gasteiger partial charge is 0.396 e. The van der Waals surface area contributed by atoms with Crippen molar-refractivity contribution in [2.24, 2.45) is 5.92 Å². The van der Waals surface area contributed by atoms with E-state index < -0.39 is 0 Å². The van der Waals surface area contributed by atoms with Crippen LogP contribution in [0.5, 0.6) is 0 Å². The average Bonchev–Trinajstić information content (AvgIpc) is 2.50. The van der Waals surface area contributed by atoms with E-state index in [-0.39, 0.29) is 0 Å². The zero-order valence-electron chi connectivity index (χ0n) is 10.2. The maximum atomic E-state index is 8.95. The second-order valence-electron chi connectivity index (χ2n) is 4.76. The van der Waals surface area contributed by atoms with Crippen LogP contribution < -0.4 is 5.32 Å². The lowest BCUT2D eigenvalue weighted by molar-refractivity contribution is 0.228. The van der Waals surface area contributed by atoms with Crippen molar-refractivity contribution in [1.29, 1.82) is 0 Å². The van der Waals surface area contributed by atoms with E-state index in [2.05, 4.69) is 24.1 Å². The van der Waals surface area contributed by atoms with Gasteiger partial charge in [-0.2, -0.15) is 0 Å². The van der Waals surface area contributed by atoms with E-state index in [1.165, 1.54) is 38.9 Å². The van der Waals surface area contributed by atoms with Gasteiger partial charge in [-0.3, -0.25) is 0 Å². The van der Waals surface area contributed by atoms with Gasteiger partial charge in [-0.05, 0) is 44.8 Å². The number of hydrogen-bond acceptors (Lipinski definition) is 3. The van der Waals surface area contributed by atoms with Crippen molar-refractivity contribution < 1.29 is 5.11 Å². The van der Waals surface area contributed by atoms with Crippen LogP contribution in [0.15, 0.2) is 0 Å². The number of aliphatic hydroxyl groups is 1. The monoisotopic (exact) mass is 214 g/mol. The van der Waals surface area contributed by atoms with Gasteiger partial charge in [-0.1, -0.05) is 13.8 Å². The number of nitrogens with zero attached hydrogens (tertiary/aromatic N) is 1. The van der Waals surface area contributed by atoms with Gasteiger partial charge in [0.25, 0.3) is 0 Å². The third kappa shape index (κ3) is 4.96. The van der Waals surface area contributed by atoms with Crippen LogP contribution in [-0.2, 0) is 0 Å². The number of hydrogen-bond donors (Lipinski definition) is 2. The Kier molecular flexibility index (Phi) is 6.22. The van der Waals surface area contributed by atoms with Gasteiger partial charge in [0.2, 0.25) is 0 Å². The Hall–Kier alpha value is -0.120. The number of aliphatic hydroxyl groups excluding tert-OH is 1. The Morgan fingerprint density at radius 1 is 1.40 bits per heavy atom. The predicted octanol–water partition coefficient (Wildman–Crippen LogP) is 1.08. The van der Waals surface area contributed by atoms with E-state index in [1.807, 2.05) is 0 Å². The van der Waals surface area contributed by atoms with Crippen molar-refractivity contribution in [1.82, 2.24) is 10.2 Å². The van der Waals surface area contributed by atoms with E-state index >= 15 is 0 Å². The standard InChI is InChI=1S/C12H26N2O/c1-3-14-7-4-5-12(6-8-14)13-9-11(2)10-15/h11-13,15H,3-10H2,1-2H3. The summed E-state index contributed by atoms with van der Waals surface area (Å²) in [7, 11) is 0. The number of likely N-dealkylation sites (tertiary alicyclic amines) is 1. The molecule has 0 spiro atoms. The molecule has 0 aromatic carbocycles. The van der Waals surface area contributed by atoms with Crippen molar-refractivity contribution >= 4 is 0 Å². The van der Waals surface area contributed by atoms with Crippen LogP contribution in [0.2, 0.25) is 0 Å². The summed E-state index contributed by atoms with van der Waals surface area (Å²) in [5.74, 6) is 0.385. The summed E-state index contributed by atoms with van der Waals surface area (Å²) in [5, 5.41) is 12.5. The molecule has 1 aliphatic heterocycles. The molecule has 2 atom stereocenters. The lowest BCUT2D eigenvalue weighted by Crippen LogP contribution is -2.34. The Morgan fingerprint density at radius 2 is 2.20 bits per heavy atom. The number of rotatable bonds is 5. The molecule has 0 aromatic rings. The van der Waals surface area contributed by atoms with Gasteiger partial charge < -0.3 is 15.3 Å². The lowest BCUT2D eigenvalue weighted by Gasteiger charge is -2.19. The molecular weight excluding hydrogens is 188 g/mol. The van der Waals surface area contributed by atoms with Crippen molar-refractivity contribution in [2.45, 2.75) is 39.2 Å². The first-order chi connectivity index (χ1) is 7.26. The van der Waals surface area contributed by atoms with Gasteiger partial charge in [0.05, 0.1) is 0 Å². The Bertz CT molecular complexity index is 164. The third-order valence-corrected chi connectivity index (χ3v) is 3.33. The first kappa shape index (κ1) is 12.9. The molecule has 1 heterocycles. The molecule has 1 aliphatic rings. The highest BCUT2D eigenvalue weighted by Crippen LogP contribution is 2.10. The SMILES string of the molecule is CCN1CCCC(NCC(C)CO)CC1. The molecule has 90 valence electrons. The zero-order chi connectivity index (χ0) is 11.1. The van der Waals surface area contributed by atoms with Crippen LogP contribution in [0.3, 0.4) is 0 Å². The normalized spacial score (nSPS) is 26.2. The van der Waals surface area contributed by atoms with Gasteiger partial charge in [0, 0.05) is 19.2 Å². The summed E-state index contributed by atoms with van der Waals surface area (Å²) in [6, 6.07) is 0.663. The summed E-state index contributed by atoms with van der Waals surface area (Å²) in [4.78, 5) is 2.52. The van der Waals surface area contributed by atoms with Crippen LogP contribution in [0.1, 0.15) is 33.1 Å². The summed E-state index contributed by atoms with van der Waals surface area (Å²) in [6.45, 7) is 9.23. The molecule has 0 aliphatic carbocycles. The highest BCUT2D eigenvalue weighted by molar-refractivity contribution is 4.75. The minimum absolute atomic E-state index is 0.292. The molecule has 0 amide bonds. The number of nitrogens with one attached hydrogen (secondary N) is 1. The second kappa shape index (κ2) is 7.20. The molecule has 0 radical (unpaired) electrons. The lowest BCUT2D eigenvalue weighted by atomic mass is 10.1. The summed E-state index contributed by atoms with van der Waals surface area (Å²) in [6.07, 6.45) is 3.85. The van der Waals surface area contributed by atoms with Crippen LogP contribution >= 0.6 is 0 Å². The zero-order valence-corrected chi connectivity index (χ0v) is 10.2. The fourth-order valence-corrected chi connectivity index (χ4v) is 2.11. The topological polar surface area (TPSA) is 35.5 Å². The maximum Gasteiger partial charge on any atom is 0.0468 e. The Morgan fingerprint density at radius 3 is 2.87 bits per heavy atom. The maximum absolute atomic E-state index is 8.95. The van der Waals surface area contributed by atoms with Gasteiger partial charge in [-0.25, -0.2) is 0 Å². The van der Waals surface area contributed by atoms with E-state index in [0.717, 1.165) is 6.54 Å². The molecule has 15 heavy (non-hydrogen) atoms. The summed E-state index contributed by atoms with van der Waals surface area (Å²) >= 11 is 0. The van der Waals surface area contributed by atoms with Gasteiger partial charge in [-0.15, -0.1) is 0 Å². The summed E-state index contributed by atoms with van der Waals surface area (Å²) < 4.78 is 0. The molecule has 2 unspecified atom stereocenters. The smallest absolute Gasteiger partial charge is 0.0468 e. The fourth-order valence-electron chi connectivity index (χ4n) is 2.11. The molecule has 0 saturated carbocycles. The van der Waals surface area contributed by atoms with Crippen molar-refractivity contribution in [3.8, 4) is 0 Å². The molecule has 0 bridgehead atoms. The average molecular weight is 214 g/mol. The minimum atomic E-state index is 0.292. The first-order valence-corrected chi connectivity index (χ1v) is 6.32. The van der Waals surface area contributed by atoms with Gasteiger partial charge >= 0.3 is 0 Å². The quantitative estimate of drug-likeness (QED) is 0.719. The van der Waals surface area contributed by atoms with Crippen molar-refractivity contribution in [3.63, 3.8) is 0 Å². The van der Waals surface area contributed by atoms with Crippen molar-refractivity contribution in [2.75, 3.05) is 32.8 Å². The van der Waals surface area contributed by atoms with Gasteiger partial charge in [0.1, 0.15) is 0 Å². The van der Waals surface area contributed by atoms with E-state index in [9.17, 15) is 0 Å². The minimum Gasteiger partial charge on any atom is -0.396 e. The molecule has 2 N–H and O–H groups in total. The summed E-state index contributed by atoms with van der Waals surface area (Å²) in [5.41, 5.74) is 0. The fraction of sp³-hybridized carbons (Fsp3) is 1.00. The highest BCUT2D eigenvalue weighted by atomic mass is 16.3. The van der Waals surface area contributed by atoms with E-state index in [1.54, 1.807) is 0 Å². The second-order valence-corrected chi connectivity index (χ2v) is 4.76. The molecule has 1 saturated heterocycles. The highest BCUT2D eigenvalue weighted by Gasteiger charge is 2.15. The molecule has 1 fully saturated rings. The molecule has 3 nitrogen and oxygen atoms in total. The van der Waals surface area contributed by atoms with Crippen LogP contribution in [0.25, 0.3) is 0 Å². The molecular formula is C12H26N2O. The first-order valence-electron chi connectivity index (χ1n) is 6.32. The molecule has 0 aromatic heterocycles. The third-order valence-electron chi connectivity index (χ3n) is 3.33. The molecule has 3 heteroatoms. The van der Waals surface area contributed by atoms with Gasteiger partial charge in [0.15, 0.2) is 0 Å². The van der Waals surface area contributed by atoms with Crippen LogP contribution in [0.4, 0.5) is 0 Å². The van der Waals surface area contributed by atoms with Crippen LogP contribution in [-0.4, -0.2) is 48.8 Å². The van der Waals surface area contributed by atoms with E-state index in [0.29, 0.717) is 18.6 Å². The van der Waals surface area contributed by atoms with E-state index in [4.69, 9.17) is 5.11 Å². The molecule has 1 rings (SSSR count).